The number of anilines is 1. The highest BCUT2D eigenvalue weighted by molar-refractivity contribution is 6.30. The number of halogens is 4. The Bertz CT molecular complexity index is 1230. The monoisotopic (exact) mass is 554 g/mol. The third-order valence-corrected chi connectivity index (χ3v) is 5.87. The molecule has 0 aliphatic carbocycles. The maximum atomic E-state index is 15.0. The lowest BCUT2D eigenvalue weighted by atomic mass is 9.86. The molecular formula is C24H26ClF3N6O4. The maximum Gasteiger partial charge on any atom is 0.428 e. The molecule has 3 atom stereocenters. The average Bonchev–Trinajstić information content (AvgIpc) is 3.36. The van der Waals surface area contributed by atoms with E-state index in [0.29, 0.717) is 22.5 Å². The number of carbonyl (C=O) groups excluding carboxylic acids is 2. The molecule has 3 aromatic rings. The Kier molecular flexibility index (Phi) is 9.53. The number of urea groups is 1. The highest BCUT2D eigenvalue weighted by Crippen LogP contribution is 2.32. The molecule has 0 bridgehead atoms. The van der Waals surface area contributed by atoms with Gasteiger partial charge < -0.3 is 15.2 Å². The number of nitrogens with one attached hydrogen (secondary N) is 2. The Labute approximate surface area is 221 Å². The lowest BCUT2D eigenvalue weighted by Crippen LogP contribution is -2.61. The molecule has 0 fully saturated rings. The van der Waals surface area contributed by atoms with Crippen molar-refractivity contribution in [1.82, 2.24) is 25.2 Å². The van der Waals surface area contributed by atoms with E-state index in [0.717, 1.165) is 16.8 Å². The number of hydrazine groups is 1. The molecule has 10 nitrogen and oxygen atoms in total. The van der Waals surface area contributed by atoms with Crippen molar-refractivity contribution in [3.05, 3.63) is 77.3 Å². The van der Waals surface area contributed by atoms with Gasteiger partial charge in [0.1, 0.15) is 29.9 Å². The average molecular weight is 555 g/mol. The van der Waals surface area contributed by atoms with Gasteiger partial charge in [0.05, 0.1) is 12.6 Å². The number of amides is 3. The SMILES string of the molecule is CCCC(F)OC(=O)NN(C(=O)Nc1ccc(Cl)cc1)[C@H](C)[C@](O)(Cn1cncn1)c1ccc(F)cc1F. The summed E-state index contributed by atoms with van der Waals surface area (Å²) in [5, 5.41) is 19.3. The van der Waals surface area contributed by atoms with E-state index in [1.165, 1.54) is 43.8 Å². The molecule has 1 unspecified atom stereocenters. The van der Waals surface area contributed by atoms with Crippen LogP contribution in [0.4, 0.5) is 28.4 Å². The summed E-state index contributed by atoms with van der Waals surface area (Å²) in [5.41, 5.74) is -0.358. The summed E-state index contributed by atoms with van der Waals surface area (Å²) < 4.78 is 48.4. The fourth-order valence-electron chi connectivity index (χ4n) is 3.62. The van der Waals surface area contributed by atoms with Gasteiger partial charge in [-0.25, -0.2) is 42.9 Å². The lowest BCUT2D eigenvalue weighted by molar-refractivity contribution is -0.0655. The topological polar surface area (TPSA) is 122 Å². The Morgan fingerprint density at radius 1 is 1.24 bits per heavy atom. The van der Waals surface area contributed by atoms with Gasteiger partial charge in [-0.05, 0) is 43.7 Å². The van der Waals surface area contributed by atoms with Crippen molar-refractivity contribution >= 4 is 29.4 Å². The Balaban J connectivity index is 2.01. The van der Waals surface area contributed by atoms with Gasteiger partial charge in [-0.3, -0.25) is 0 Å². The summed E-state index contributed by atoms with van der Waals surface area (Å²) in [6.45, 7) is 2.50. The number of rotatable bonds is 9. The van der Waals surface area contributed by atoms with Crippen LogP contribution in [0.25, 0.3) is 0 Å². The summed E-state index contributed by atoms with van der Waals surface area (Å²) >= 11 is 5.88. The quantitative estimate of drug-likeness (QED) is 0.328. The van der Waals surface area contributed by atoms with Gasteiger partial charge in [0.25, 0.3) is 0 Å². The molecule has 38 heavy (non-hydrogen) atoms. The normalized spacial score (nSPS) is 14.2. The zero-order valence-electron chi connectivity index (χ0n) is 20.4. The molecule has 0 aliphatic heterocycles. The predicted octanol–water partition coefficient (Wildman–Crippen LogP) is 4.76. The summed E-state index contributed by atoms with van der Waals surface area (Å²) in [5.74, 6) is -2.02. The Hall–Kier alpha value is -3.84. The molecule has 0 saturated carbocycles. The van der Waals surface area contributed by atoms with Crippen molar-refractivity contribution in [3.63, 3.8) is 0 Å². The van der Waals surface area contributed by atoms with Crippen molar-refractivity contribution in [2.24, 2.45) is 0 Å². The highest BCUT2D eigenvalue weighted by atomic mass is 35.5. The number of hydrogen-bond acceptors (Lipinski definition) is 6. The summed E-state index contributed by atoms with van der Waals surface area (Å²) in [4.78, 5) is 29.6. The molecule has 3 rings (SSSR count). The second kappa shape index (κ2) is 12.6. The fourth-order valence-corrected chi connectivity index (χ4v) is 3.75. The van der Waals surface area contributed by atoms with Crippen LogP contribution in [-0.4, -0.2) is 49.4 Å². The van der Waals surface area contributed by atoms with Crippen LogP contribution in [0, 0.1) is 11.6 Å². The predicted molar refractivity (Wildman–Crippen MR) is 131 cm³/mol. The molecule has 0 radical (unpaired) electrons. The van der Waals surface area contributed by atoms with E-state index in [4.69, 9.17) is 11.6 Å². The lowest BCUT2D eigenvalue weighted by Gasteiger charge is -2.40. The highest BCUT2D eigenvalue weighted by Gasteiger charge is 2.45. The van der Waals surface area contributed by atoms with Gasteiger partial charge in [-0.1, -0.05) is 24.6 Å². The number of ether oxygens (including phenoxy) is 1. The molecule has 0 spiro atoms. The fraction of sp³-hybridized carbons (Fsp3) is 0.333. The van der Waals surface area contributed by atoms with E-state index in [2.05, 4.69) is 25.6 Å². The van der Waals surface area contributed by atoms with Gasteiger partial charge in [-0.15, -0.1) is 0 Å². The number of benzene rings is 2. The van der Waals surface area contributed by atoms with E-state index < -0.39 is 53.9 Å². The Morgan fingerprint density at radius 3 is 2.55 bits per heavy atom. The third-order valence-electron chi connectivity index (χ3n) is 5.62. The van der Waals surface area contributed by atoms with E-state index in [1.54, 1.807) is 6.92 Å². The molecule has 204 valence electrons. The second-order valence-corrected chi connectivity index (χ2v) is 8.78. The molecule has 0 saturated heterocycles. The van der Waals surface area contributed by atoms with Gasteiger partial charge in [-0.2, -0.15) is 5.10 Å². The molecule has 0 aliphatic rings. The number of aromatic nitrogens is 3. The molecular weight excluding hydrogens is 529 g/mol. The zero-order chi connectivity index (χ0) is 27.9. The van der Waals surface area contributed by atoms with Crippen molar-refractivity contribution in [2.45, 2.75) is 51.2 Å². The van der Waals surface area contributed by atoms with Crippen molar-refractivity contribution in [3.8, 4) is 0 Å². The molecule has 1 heterocycles. The largest absolute Gasteiger partial charge is 0.428 e. The first-order valence-electron chi connectivity index (χ1n) is 11.5. The van der Waals surface area contributed by atoms with E-state index in [-0.39, 0.29) is 12.1 Å². The van der Waals surface area contributed by atoms with E-state index in [9.17, 15) is 27.9 Å². The minimum absolute atomic E-state index is 0.0863. The smallest absolute Gasteiger partial charge is 0.414 e. The van der Waals surface area contributed by atoms with Crippen LogP contribution in [-0.2, 0) is 16.9 Å². The number of alkyl halides is 1. The van der Waals surface area contributed by atoms with Crippen LogP contribution in [0.3, 0.4) is 0 Å². The number of carbonyl (C=O) groups is 2. The first kappa shape index (κ1) is 28.7. The molecule has 2 aromatic carbocycles. The van der Waals surface area contributed by atoms with Crippen LogP contribution in [0.2, 0.25) is 5.02 Å². The van der Waals surface area contributed by atoms with Crippen molar-refractivity contribution in [2.75, 3.05) is 5.32 Å². The first-order valence-corrected chi connectivity index (χ1v) is 11.9. The first-order chi connectivity index (χ1) is 18.0. The van der Waals surface area contributed by atoms with Crippen LogP contribution >= 0.6 is 11.6 Å². The van der Waals surface area contributed by atoms with E-state index in [1.807, 2.05) is 0 Å². The number of nitrogens with zero attached hydrogens (tertiary/aromatic N) is 4. The van der Waals surface area contributed by atoms with E-state index >= 15 is 0 Å². The standard InChI is InChI=1S/C24H26ClF3N6O4/c1-3-4-21(28)38-23(36)32-34(22(35)31-18-8-5-16(25)6-9-18)15(2)24(37,12-33-14-29-13-30-33)19-10-7-17(26)11-20(19)27/h5-11,13-15,21,37H,3-4,12H2,1-2H3,(H,31,35)(H,32,36)/t15-,21?,24-/m1/s1. The zero-order valence-corrected chi connectivity index (χ0v) is 21.2. The minimum atomic E-state index is -2.32. The van der Waals surface area contributed by atoms with Crippen LogP contribution < -0.4 is 10.7 Å². The second-order valence-electron chi connectivity index (χ2n) is 8.34. The molecule has 14 heteroatoms. The van der Waals surface area contributed by atoms with Crippen molar-refractivity contribution in [1.29, 1.82) is 0 Å². The van der Waals surface area contributed by atoms with Gasteiger partial charge in [0, 0.05) is 28.8 Å². The molecule has 1 aromatic heterocycles. The van der Waals surface area contributed by atoms with Gasteiger partial charge >= 0.3 is 12.1 Å². The van der Waals surface area contributed by atoms with Crippen LogP contribution in [0.1, 0.15) is 32.3 Å². The number of aliphatic hydroxyl groups is 1. The Morgan fingerprint density at radius 2 is 1.95 bits per heavy atom. The van der Waals surface area contributed by atoms with Crippen LogP contribution in [0.5, 0.6) is 0 Å². The molecule has 3 amide bonds. The number of hydrogen-bond donors (Lipinski definition) is 3. The third kappa shape index (κ3) is 7.13. The van der Waals surface area contributed by atoms with Crippen molar-refractivity contribution < 1.29 is 32.6 Å². The van der Waals surface area contributed by atoms with Gasteiger partial charge in [0.2, 0.25) is 6.36 Å². The summed E-state index contributed by atoms with van der Waals surface area (Å²) in [7, 11) is 0. The minimum Gasteiger partial charge on any atom is -0.414 e. The maximum absolute atomic E-state index is 15.0. The van der Waals surface area contributed by atoms with Gasteiger partial charge in [0.15, 0.2) is 0 Å². The summed E-state index contributed by atoms with van der Waals surface area (Å²) in [6.07, 6.45) is -0.602. The van der Waals surface area contributed by atoms with Crippen LogP contribution in [0.15, 0.2) is 55.1 Å². The summed E-state index contributed by atoms with van der Waals surface area (Å²) in [6, 6.07) is 5.97. The molecule has 3 N–H and O–H groups in total.